The molecule has 0 bridgehead atoms. The number of nitrogens with one attached hydrogen (secondary N) is 2. The molecule has 0 saturated carbocycles. The highest BCUT2D eigenvalue weighted by atomic mass is 35.5. The van der Waals surface area contributed by atoms with E-state index in [0.717, 1.165) is 16.8 Å². The van der Waals surface area contributed by atoms with Crippen molar-refractivity contribution < 1.29 is 9.90 Å². The second-order valence-electron chi connectivity index (χ2n) is 4.48. The quantitative estimate of drug-likeness (QED) is 0.812. The fourth-order valence-electron chi connectivity index (χ4n) is 2.14. The Morgan fingerprint density at radius 1 is 1.40 bits per heavy atom. The highest BCUT2D eigenvalue weighted by Crippen LogP contribution is 2.37. The molecule has 2 aromatic rings. The molecule has 3 rings (SSSR count). The molecule has 3 N–H and O–H groups in total. The summed E-state index contributed by atoms with van der Waals surface area (Å²) >= 11 is 7.46. The molecule has 0 spiro atoms. The molecule has 1 fully saturated rings. The van der Waals surface area contributed by atoms with Gasteiger partial charge in [-0.25, -0.2) is 0 Å². The first kappa shape index (κ1) is 13.5. The Kier molecular flexibility index (Phi) is 3.69. The zero-order chi connectivity index (χ0) is 14.1. The van der Waals surface area contributed by atoms with Gasteiger partial charge >= 0.3 is 5.97 Å². The van der Waals surface area contributed by atoms with Crippen molar-refractivity contribution in [3.63, 3.8) is 0 Å². The van der Waals surface area contributed by atoms with Gasteiger partial charge in [-0.1, -0.05) is 23.7 Å². The average molecular weight is 310 g/mol. The maximum absolute atomic E-state index is 11.0. The maximum atomic E-state index is 11.0. The summed E-state index contributed by atoms with van der Waals surface area (Å²) in [5.41, 5.74) is 2.82. The number of hydrogen-bond donors (Lipinski definition) is 3. The van der Waals surface area contributed by atoms with Gasteiger partial charge in [-0.15, -0.1) is 11.8 Å². The minimum absolute atomic E-state index is 0.0690. The molecule has 104 valence electrons. The van der Waals surface area contributed by atoms with Crippen LogP contribution in [0.25, 0.3) is 11.3 Å². The van der Waals surface area contributed by atoms with Gasteiger partial charge in [-0.3, -0.25) is 15.2 Å². The molecule has 0 amide bonds. The summed E-state index contributed by atoms with van der Waals surface area (Å²) < 4.78 is 0. The normalized spacial score (nSPS) is 22.1. The van der Waals surface area contributed by atoms with Crippen LogP contribution in [0.1, 0.15) is 10.9 Å². The maximum Gasteiger partial charge on any atom is 0.321 e. The van der Waals surface area contributed by atoms with Gasteiger partial charge in [0.1, 0.15) is 6.04 Å². The van der Waals surface area contributed by atoms with Crippen LogP contribution in [-0.2, 0) is 4.79 Å². The van der Waals surface area contributed by atoms with Gasteiger partial charge in [-0.05, 0) is 17.7 Å². The van der Waals surface area contributed by atoms with Gasteiger partial charge < -0.3 is 5.11 Å². The van der Waals surface area contributed by atoms with Crippen LogP contribution in [0, 0.1) is 0 Å². The number of rotatable bonds is 3. The Hall–Kier alpha value is -1.50. The topological polar surface area (TPSA) is 78.0 Å². The minimum Gasteiger partial charge on any atom is -0.480 e. The molecule has 5 nitrogen and oxygen atoms in total. The number of aromatic amines is 1. The number of H-pyrrole nitrogens is 1. The molecule has 2 heterocycles. The third kappa shape index (κ3) is 2.54. The lowest BCUT2D eigenvalue weighted by molar-refractivity contribution is -0.138. The number of aliphatic carboxylic acids is 1. The number of thioether (sulfide) groups is 1. The van der Waals surface area contributed by atoms with Crippen LogP contribution in [0.4, 0.5) is 0 Å². The third-order valence-electron chi connectivity index (χ3n) is 3.16. The lowest BCUT2D eigenvalue weighted by Gasteiger charge is -2.11. The summed E-state index contributed by atoms with van der Waals surface area (Å²) in [5.74, 6) is -0.276. The van der Waals surface area contributed by atoms with Gasteiger partial charge in [0, 0.05) is 16.3 Å². The Balaban J connectivity index is 1.87. The first-order valence-electron chi connectivity index (χ1n) is 6.05. The van der Waals surface area contributed by atoms with E-state index in [0.29, 0.717) is 10.8 Å². The molecule has 1 aromatic carbocycles. The van der Waals surface area contributed by atoms with Crippen molar-refractivity contribution in [2.75, 3.05) is 5.75 Å². The molecule has 1 aromatic heterocycles. The van der Waals surface area contributed by atoms with E-state index in [1.807, 2.05) is 24.3 Å². The van der Waals surface area contributed by atoms with E-state index in [1.165, 1.54) is 0 Å². The minimum atomic E-state index is -0.823. The van der Waals surface area contributed by atoms with E-state index in [9.17, 15) is 4.79 Å². The van der Waals surface area contributed by atoms with E-state index >= 15 is 0 Å². The highest BCUT2D eigenvalue weighted by molar-refractivity contribution is 7.99. The first-order valence-corrected chi connectivity index (χ1v) is 7.47. The lowest BCUT2D eigenvalue weighted by Crippen LogP contribution is -2.33. The van der Waals surface area contributed by atoms with Crippen molar-refractivity contribution in [1.82, 2.24) is 15.5 Å². The Morgan fingerprint density at radius 3 is 2.80 bits per heavy atom. The Bertz CT molecular complexity index is 629. The van der Waals surface area contributed by atoms with Crippen LogP contribution in [0.3, 0.4) is 0 Å². The summed E-state index contributed by atoms with van der Waals surface area (Å²) in [7, 11) is 0. The van der Waals surface area contributed by atoms with E-state index in [4.69, 9.17) is 16.7 Å². The molecule has 1 aliphatic rings. The number of halogens is 1. The van der Waals surface area contributed by atoms with Crippen molar-refractivity contribution >= 4 is 29.3 Å². The fraction of sp³-hybridized carbons (Fsp3) is 0.231. The van der Waals surface area contributed by atoms with E-state index < -0.39 is 12.0 Å². The molecule has 0 unspecified atom stereocenters. The smallest absolute Gasteiger partial charge is 0.321 e. The van der Waals surface area contributed by atoms with Crippen LogP contribution in [0.2, 0.25) is 5.02 Å². The summed E-state index contributed by atoms with van der Waals surface area (Å²) in [6, 6.07) is 6.94. The van der Waals surface area contributed by atoms with Gasteiger partial charge in [0.15, 0.2) is 0 Å². The summed E-state index contributed by atoms with van der Waals surface area (Å²) in [5, 5.41) is 19.8. The summed E-state index contributed by atoms with van der Waals surface area (Å²) in [6.07, 6.45) is 1.73. The van der Waals surface area contributed by atoms with Crippen LogP contribution in [0.5, 0.6) is 0 Å². The standard InChI is InChI=1S/C13H12ClN3O2S/c14-8-3-1-7(2-4-8)11-9(5-15-17-11)12-16-10(6-20-12)13(18)19/h1-5,10,12,16H,6H2,(H,15,17)(H,18,19)/t10-,12-/m1/s1. The van der Waals surface area contributed by atoms with Gasteiger partial charge in [0.25, 0.3) is 0 Å². The van der Waals surface area contributed by atoms with Crippen LogP contribution >= 0.6 is 23.4 Å². The van der Waals surface area contributed by atoms with Gasteiger partial charge in [0.2, 0.25) is 0 Å². The molecule has 2 atom stereocenters. The van der Waals surface area contributed by atoms with E-state index in [2.05, 4.69) is 15.5 Å². The summed E-state index contributed by atoms with van der Waals surface area (Å²) in [6.45, 7) is 0. The number of carbonyl (C=O) groups is 1. The number of aromatic nitrogens is 2. The Labute approximate surface area is 124 Å². The highest BCUT2D eigenvalue weighted by Gasteiger charge is 2.32. The molecular weight excluding hydrogens is 298 g/mol. The summed E-state index contributed by atoms with van der Waals surface area (Å²) in [4.78, 5) is 11.0. The zero-order valence-corrected chi connectivity index (χ0v) is 11.9. The lowest BCUT2D eigenvalue weighted by atomic mass is 10.1. The van der Waals surface area contributed by atoms with Crippen molar-refractivity contribution in [2.24, 2.45) is 0 Å². The molecule has 0 radical (unpaired) electrons. The van der Waals surface area contributed by atoms with Gasteiger partial charge in [0.05, 0.1) is 17.3 Å². The van der Waals surface area contributed by atoms with Crippen molar-refractivity contribution in [2.45, 2.75) is 11.4 Å². The second kappa shape index (κ2) is 5.47. The largest absolute Gasteiger partial charge is 0.480 e. The molecule has 7 heteroatoms. The van der Waals surface area contributed by atoms with Crippen molar-refractivity contribution in [3.05, 3.63) is 41.0 Å². The first-order chi connectivity index (χ1) is 9.65. The van der Waals surface area contributed by atoms with Crippen LogP contribution in [0.15, 0.2) is 30.5 Å². The molecule has 0 aliphatic carbocycles. The number of carboxylic acid groups (broad SMARTS) is 1. The molecule has 1 aliphatic heterocycles. The molecule has 20 heavy (non-hydrogen) atoms. The molecular formula is C13H12ClN3O2S. The predicted octanol–water partition coefficient (Wildman–Crippen LogP) is 2.52. The second-order valence-corrected chi connectivity index (χ2v) is 6.05. The monoisotopic (exact) mass is 309 g/mol. The zero-order valence-electron chi connectivity index (χ0n) is 10.3. The van der Waals surface area contributed by atoms with Gasteiger partial charge in [-0.2, -0.15) is 5.10 Å². The van der Waals surface area contributed by atoms with E-state index in [-0.39, 0.29) is 5.37 Å². The fourth-order valence-corrected chi connectivity index (χ4v) is 3.50. The number of carboxylic acids is 1. The third-order valence-corrected chi connectivity index (χ3v) is 4.67. The number of hydrogen-bond acceptors (Lipinski definition) is 4. The Morgan fingerprint density at radius 2 is 2.15 bits per heavy atom. The van der Waals surface area contributed by atoms with Crippen molar-refractivity contribution in [3.8, 4) is 11.3 Å². The predicted molar refractivity (Wildman–Crippen MR) is 78.8 cm³/mol. The van der Waals surface area contributed by atoms with Crippen LogP contribution in [-0.4, -0.2) is 33.1 Å². The van der Waals surface area contributed by atoms with E-state index in [1.54, 1.807) is 18.0 Å². The molecule has 1 saturated heterocycles. The van der Waals surface area contributed by atoms with Crippen molar-refractivity contribution in [1.29, 1.82) is 0 Å². The number of benzene rings is 1. The average Bonchev–Trinajstić information content (AvgIpc) is 3.08. The SMILES string of the molecule is O=C(O)[C@H]1CS[C@H](c2cn[nH]c2-c2ccc(Cl)cc2)N1. The number of nitrogens with zero attached hydrogens (tertiary/aromatic N) is 1. The van der Waals surface area contributed by atoms with Crippen LogP contribution < -0.4 is 5.32 Å².